The summed E-state index contributed by atoms with van der Waals surface area (Å²) >= 11 is 3.17. The lowest BCUT2D eigenvalue weighted by molar-refractivity contribution is 0.214. The Balaban J connectivity index is 2.44. The molecule has 2 aromatic rings. The summed E-state index contributed by atoms with van der Waals surface area (Å²) in [4.78, 5) is 6.44. The van der Waals surface area contributed by atoms with Crippen LogP contribution in [0.3, 0.4) is 0 Å². The molecule has 2 N–H and O–H groups in total. The molecule has 0 saturated heterocycles. The number of aromatic nitrogens is 2. The fraction of sp³-hybridized carbons (Fsp3) is 0.500. The van der Waals surface area contributed by atoms with Crippen LogP contribution in [0.15, 0.2) is 16.6 Å². The maximum atomic E-state index is 13.7. The van der Waals surface area contributed by atoms with E-state index in [2.05, 4.69) is 39.7 Å². The molecule has 20 heavy (non-hydrogen) atoms. The molecule has 0 amide bonds. The Morgan fingerprint density at radius 2 is 2.05 bits per heavy atom. The van der Waals surface area contributed by atoms with Gasteiger partial charge in [-0.2, -0.15) is 0 Å². The Hall–Kier alpha value is -1.14. The number of anilines is 1. The van der Waals surface area contributed by atoms with Crippen LogP contribution in [-0.4, -0.2) is 35.1 Å². The summed E-state index contributed by atoms with van der Waals surface area (Å²) in [5.74, 6) is 0.119. The maximum absolute atomic E-state index is 13.7. The molecule has 6 heteroatoms. The van der Waals surface area contributed by atoms with E-state index >= 15 is 0 Å². The molecule has 4 nitrogen and oxygen atoms in total. The highest BCUT2D eigenvalue weighted by molar-refractivity contribution is 9.10. The van der Waals surface area contributed by atoms with Crippen molar-refractivity contribution in [2.45, 2.75) is 20.4 Å². The van der Waals surface area contributed by atoms with Gasteiger partial charge in [0.15, 0.2) is 0 Å². The zero-order chi connectivity index (χ0) is 15.1. The van der Waals surface area contributed by atoms with Crippen molar-refractivity contribution < 1.29 is 4.39 Å². The van der Waals surface area contributed by atoms with E-state index in [1.165, 1.54) is 6.07 Å². The van der Waals surface area contributed by atoms with Gasteiger partial charge in [-0.1, -0.05) is 13.8 Å². The van der Waals surface area contributed by atoms with Crippen molar-refractivity contribution >= 4 is 32.9 Å². The third kappa shape index (κ3) is 3.12. The zero-order valence-corrected chi connectivity index (χ0v) is 13.8. The molecule has 0 aliphatic heterocycles. The quantitative estimate of drug-likeness (QED) is 0.928. The lowest BCUT2D eigenvalue weighted by Gasteiger charge is -2.29. The first-order chi connectivity index (χ1) is 9.19. The number of nitrogens with two attached hydrogens (primary N) is 1. The molecular formula is C14H20BrFN4. The highest BCUT2D eigenvalue weighted by Gasteiger charge is 2.22. The molecule has 0 aliphatic rings. The van der Waals surface area contributed by atoms with Crippen LogP contribution in [0.1, 0.15) is 13.8 Å². The fourth-order valence-corrected chi connectivity index (χ4v) is 2.97. The summed E-state index contributed by atoms with van der Waals surface area (Å²) in [6.07, 6.45) is 0. The number of fused-ring (bicyclic) bond motifs is 1. The summed E-state index contributed by atoms with van der Waals surface area (Å²) < 4.78 is 16.0. The van der Waals surface area contributed by atoms with Gasteiger partial charge in [0.25, 0.3) is 0 Å². The summed E-state index contributed by atoms with van der Waals surface area (Å²) in [7, 11) is 4.07. The molecule has 0 radical (unpaired) electrons. The van der Waals surface area contributed by atoms with Crippen molar-refractivity contribution in [3.63, 3.8) is 0 Å². The second-order valence-corrected chi connectivity index (χ2v) is 7.07. The van der Waals surface area contributed by atoms with Gasteiger partial charge in [0, 0.05) is 19.2 Å². The van der Waals surface area contributed by atoms with Crippen LogP contribution in [0.4, 0.5) is 10.3 Å². The normalized spacial score (nSPS) is 12.6. The van der Waals surface area contributed by atoms with Gasteiger partial charge in [-0.05, 0) is 41.5 Å². The molecule has 1 aromatic heterocycles. The van der Waals surface area contributed by atoms with E-state index in [9.17, 15) is 4.39 Å². The third-order valence-corrected chi connectivity index (χ3v) is 3.76. The minimum absolute atomic E-state index is 0.00873. The number of hydrogen-bond acceptors (Lipinski definition) is 3. The summed E-state index contributed by atoms with van der Waals surface area (Å²) in [5, 5.41) is 0. The van der Waals surface area contributed by atoms with Crippen LogP contribution in [-0.2, 0) is 6.54 Å². The molecular weight excluding hydrogens is 323 g/mol. The van der Waals surface area contributed by atoms with E-state index in [1.54, 1.807) is 6.07 Å². The first kappa shape index (κ1) is 15.3. The Bertz CT molecular complexity index is 634. The number of hydrogen-bond donors (Lipinski definition) is 1. The van der Waals surface area contributed by atoms with E-state index in [0.29, 0.717) is 22.5 Å². The number of benzene rings is 1. The van der Waals surface area contributed by atoms with Gasteiger partial charge in [0.05, 0.1) is 15.5 Å². The fourth-order valence-electron chi connectivity index (χ4n) is 2.64. The van der Waals surface area contributed by atoms with Crippen LogP contribution < -0.4 is 5.73 Å². The SMILES string of the molecule is CN(C)CC(C)(C)Cn1c(N)nc2cc(Br)c(F)cc21. The summed E-state index contributed by atoms with van der Waals surface area (Å²) in [5.41, 5.74) is 7.44. The lowest BCUT2D eigenvalue weighted by atomic mass is 9.93. The van der Waals surface area contributed by atoms with Gasteiger partial charge in [0.1, 0.15) is 5.82 Å². The molecule has 1 aromatic carbocycles. The van der Waals surface area contributed by atoms with Crippen LogP contribution in [0, 0.1) is 11.2 Å². The molecule has 0 bridgehead atoms. The minimum atomic E-state index is -0.302. The lowest BCUT2D eigenvalue weighted by Crippen LogP contribution is -2.32. The molecule has 2 rings (SSSR count). The predicted molar refractivity (Wildman–Crippen MR) is 84.1 cm³/mol. The van der Waals surface area contributed by atoms with Crippen molar-refractivity contribution in [3.8, 4) is 0 Å². The highest BCUT2D eigenvalue weighted by atomic mass is 79.9. The second-order valence-electron chi connectivity index (χ2n) is 6.21. The van der Waals surface area contributed by atoms with Crippen LogP contribution >= 0.6 is 15.9 Å². The van der Waals surface area contributed by atoms with Crippen molar-refractivity contribution in [1.29, 1.82) is 0 Å². The van der Waals surface area contributed by atoms with Crippen molar-refractivity contribution in [2.24, 2.45) is 5.41 Å². The molecule has 0 atom stereocenters. The third-order valence-electron chi connectivity index (χ3n) is 3.15. The molecule has 0 unspecified atom stereocenters. The number of imidazole rings is 1. The van der Waals surface area contributed by atoms with E-state index < -0.39 is 0 Å². The molecule has 0 saturated carbocycles. The van der Waals surface area contributed by atoms with Gasteiger partial charge < -0.3 is 15.2 Å². The Morgan fingerprint density at radius 3 is 2.65 bits per heavy atom. The van der Waals surface area contributed by atoms with E-state index in [4.69, 9.17) is 5.73 Å². The predicted octanol–water partition coefficient (Wildman–Crippen LogP) is 3.11. The number of nitrogen functional groups attached to an aromatic ring is 1. The largest absolute Gasteiger partial charge is 0.369 e. The maximum Gasteiger partial charge on any atom is 0.201 e. The molecule has 0 spiro atoms. The van der Waals surface area contributed by atoms with Gasteiger partial charge in [-0.25, -0.2) is 9.37 Å². The molecule has 0 fully saturated rings. The average molecular weight is 343 g/mol. The van der Waals surface area contributed by atoms with E-state index in [1.807, 2.05) is 18.7 Å². The number of rotatable bonds is 4. The van der Waals surface area contributed by atoms with Gasteiger partial charge >= 0.3 is 0 Å². The summed E-state index contributed by atoms with van der Waals surface area (Å²) in [6.45, 7) is 5.92. The first-order valence-electron chi connectivity index (χ1n) is 6.45. The standard InChI is InChI=1S/C14H20BrFN4/c1-14(2,7-19(3)4)8-20-12-6-10(16)9(15)5-11(12)18-13(20)17/h5-6H,7-8H2,1-4H3,(H2,17,18). The first-order valence-corrected chi connectivity index (χ1v) is 7.24. The monoisotopic (exact) mass is 342 g/mol. The topological polar surface area (TPSA) is 47.1 Å². The smallest absolute Gasteiger partial charge is 0.201 e. The zero-order valence-electron chi connectivity index (χ0n) is 12.2. The Morgan fingerprint density at radius 1 is 1.40 bits per heavy atom. The van der Waals surface area contributed by atoms with Gasteiger partial charge in [0.2, 0.25) is 5.95 Å². The van der Waals surface area contributed by atoms with Crippen LogP contribution in [0.5, 0.6) is 0 Å². The molecule has 0 aliphatic carbocycles. The second kappa shape index (κ2) is 5.33. The highest BCUT2D eigenvalue weighted by Crippen LogP contribution is 2.28. The Kier molecular flexibility index (Phi) is 4.07. The van der Waals surface area contributed by atoms with E-state index in [0.717, 1.165) is 12.1 Å². The van der Waals surface area contributed by atoms with Crippen LogP contribution in [0.2, 0.25) is 0 Å². The number of halogens is 2. The Labute approximate surface area is 126 Å². The minimum Gasteiger partial charge on any atom is -0.369 e. The average Bonchev–Trinajstić information content (AvgIpc) is 2.54. The van der Waals surface area contributed by atoms with Gasteiger partial charge in [-0.15, -0.1) is 0 Å². The van der Waals surface area contributed by atoms with Crippen molar-refractivity contribution in [1.82, 2.24) is 14.5 Å². The summed E-state index contributed by atoms with van der Waals surface area (Å²) in [6, 6.07) is 3.14. The van der Waals surface area contributed by atoms with Crippen molar-refractivity contribution in [2.75, 3.05) is 26.4 Å². The van der Waals surface area contributed by atoms with Crippen LogP contribution in [0.25, 0.3) is 11.0 Å². The molecule has 110 valence electrons. The number of nitrogens with zero attached hydrogens (tertiary/aromatic N) is 3. The molecule has 1 heterocycles. The van der Waals surface area contributed by atoms with E-state index in [-0.39, 0.29) is 11.2 Å². The van der Waals surface area contributed by atoms with Gasteiger partial charge in [-0.3, -0.25) is 0 Å². The van der Waals surface area contributed by atoms with Crippen molar-refractivity contribution in [3.05, 3.63) is 22.4 Å².